The highest BCUT2D eigenvalue weighted by molar-refractivity contribution is 5.98. The van der Waals surface area contributed by atoms with E-state index in [0.29, 0.717) is 17.8 Å². The summed E-state index contributed by atoms with van der Waals surface area (Å²) in [4.78, 5) is 30.3. The number of carbonyl (C=O) groups is 2. The molecule has 2 heterocycles. The molecule has 2 rings (SSSR count). The number of pyridine rings is 1. The summed E-state index contributed by atoms with van der Waals surface area (Å²) in [5.74, 6) is 0.643. The summed E-state index contributed by atoms with van der Waals surface area (Å²) in [5.41, 5.74) is 3.79. The largest absolute Gasteiger partial charge is 0.496 e. The van der Waals surface area contributed by atoms with Gasteiger partial charge in [0.1, 0.15) is 5.75 Å². The molecule has 1 aromatic rings. The first-order valence-corrected chi connectivity index (χ1v) is 7.79. The number of aryl methyl sites for hydroxylation is 1. The number of nitrogens with one attached hydrogen (secondary N) is 2. The Morgan fingerprint density at radius 3 is 2.62 bits per heavy atom. The summed E-state index contributed by atoms with van der Waals surface area (Å²) in [7, 11) is 3.35. The number of hydrogen-bond donors (Lipinski definition) is 2. The minimum Gasteiger partial charge on any atom is -0.496 e. The van der Waals surface area contributed by atoms with Gasteiger partial charge in [-0.1, -0.05) is 0 Å². The van der Waals surface area contributed by atoms with E-state index in [0.717, 1.165) is 22.6 Å². The monoisotopic (exact) mass is 332 g/mol. The number of ether oxygens (including phenoxy) is 1. The zero-order valence-corrected chi connectivity index (χ0v) is 15.0. The van der Waals surface area contributed by atoms with Gasteiger partial charge in [0.05, 0.1) is 31.0 Å². The average molecular weight is 332 g/mol. The van der Waals surface area contributed by atoms with Crippen molar-refractivity contribution in [2.45, 2.75) is 40.3 Å². The Balaban J connectivity index is 2.24. The number of urea groups is 1. The van der Waals surface area contributed by atoms with Crippen LogP contribution in [0.2, 0.25) is 0 Å². The van der Waals surface area contributed by atoms with E-state index in [1.54, 1.807) is 39.1 Å². The summed E-state index contributed by atoms with van der Waals surface area (Å²) in [6, 6.07) is -0.629. The van der Waals surface area contributed by atoms with Gasteiger partial charge >= 0.3 is 6.03 Å². The fourth-order valence-corrected chi connectivity index (χ4v) is 2.95. The molecule has 7 nitrogen and oxygen atoms in total. The van der Waals surface area contributed by atoms with Crippen LogP contribution in [0.5, 0.6) is 5.75 Å². The number of likely N-dealkylation sites (N-methyl/N-ethyl adjacent to an activating group) is 1. The number of rotatable bonds is 4. The van der Waals surface area contributed by atoms with Gasteiger partial charge in [-0.3, -0.25) is 9.78 Å². The van der Waals surface area contributed by atoms with Crippen LogP contribution < -0.4 is 15.4 Å². The van der Waals surface area contributed by atoms with E-state index >= 15 is 0 Å². The first kappa shape index (κ1) is 17.8. The number of nitrogens with zero attached hydrogens (tertiary/aromatic N) is 2. The number of aromatic nitrogens is 1. The van der Waals surface area contributed by atoms with Crippen LogP contribution in [-0.4, -0.2) is 42.0 Å². The van der Waals surface area contributed by atoms with E-state index < -0.39 is 0 Å². The molecule has 1 atom stereocenters. The molecule has 0 unspecified atom stereocenters. The van der Waals surface area contributed by atoms with Crippen LogP contribution in [0.25, 0.3) is 0 Å². The Labute approximate surface area is 142 Å². The highest BCUT2D eigenvalue weighted by Gasteiger charge is 2.29. The Bertz CT molecular complexity index is 712. The van der Waals surface area contributed by atoms with E-state index in [2.05, 4.69) is 15.6 Å². The predicted octanol–water partition coefficient (Wildman–Crippen LogP) is 1.64. The maximum Gasteiger partial charge on any atom is 0.319 e. The first-order chi connectivity index (χ1) is 11.3. The molecule has 1 aliphatic heterocycles. The second-order valence-corrected chi connectivity index (χ2v) is 6.07. The van der Waals surface area contributed by atoms with Crippen LogP contribution in [0.4, 0.5) is 4.79 Å². The molecule has 0 aromatic carbocycles. The topological polar surface area (TPSA) is 83.6 Å². The Morgan fingerprint density at radius 1 is 1.38 bits per heavy atom. The molecule has 0 saturated heterocycles. The van der Waals surface area contributed by atoms with Crippen molar-refractivity contribution in [3.8, 4) is 5.75 Å². The maximum absolute atomic E-state index is 12.8. The molecule has 3 amide bonds. The van der Waals surface area contributed by atoms with Gasteiger partial charge in [0.25, 0.3) is 5.91 Å². The molecular formula is C17H24N4O3. The van der Waals surface area contributed by atoms with Gasteiger partial charge in [-0.2, -0.15) is 0 Å². The molecule has 0 saturated carbocycles. The van der Waals surface area contributed by atoms with Gasteiger partial charge in [0, 0.05) is 30.1 Å². The Kier molecular flexibility index (Phi) is 5.11. The minimum absolute atomic E-state index is 0.145. The molecule has 24 heavy (non-hydrogen) atoms. The molecule has 0 spiro atoms. The number of carbonyl (C=O) groups excluding carboxylic acids is 2. The van der Waals surface area contributed by atoms with Crippen LogP contribution in [0.3, 0.4) is 0 Å². The first-order valence-electron chi connectivity index (χ1n) is 7.79. The summed E-state index contributed by atoms with van der Waals surface area (Å²) in [6.07, 6.45) is 1.75. The van der Waals surface area contributed by atoms with E-state index in [-0.39, 0.29) is 18.0 Å². The lowest BCUT2D eigenvalue weighted by molar-refractivity contribution is -0.126. The quantitative estimate of drug-likeness (QED) is 0.878. The van der Waals surface area contributed by atoms with Gasteiger partial charge in [-0.05, 0) is 27.7 Å². The van der Waals surface area contributed by atoms with Crippen molar-refractivity contribution in [2.24, 2.45) is 0 Å². The minimum atomic E-state index is -0.338. The molecule has 0 fully saturated rings. The zero-order chi connectivity index (χ0) is 18.0. The van der Waals surface area contributed by atoms with Crippen LogP contribution in [0.15, 0.2) is 17.5 Å². The van der Waals surface area contributed by atoms with Gasteiger partial charge in [-0.15, -0.1) is 0 Å². The molecule has 7 heteroatoms. The van der Waals surface area contributed by atoms with Crippen LogP contribution >= 0.6 is 0 Å². The lowest BCUT2D eigenvalue weighted by Crippen LogP contribution is -2.50. The van der Waals surface area contributed by atoms with Gasteiger partial charge in [0.15, 0.2) is 0 Å². The van der Waals surface area contributed by atoms with Crippen molar-refractivity contribution in [3.63, 3.8) is 0 Å². The summed E-state index contributed by atoms with van der Waals surface area (Å²) in [5, 5.41) is 5.35. The number of methoxy groups -OCH3 is 1. The fourth-order valence-electron chi connectivity index (χ4n) is 2.95. The third-order valence-electron chi connectivity index (χ3n) is 4.20. The normalized spacial score (nSPS) is 17.2. The summed E-state index contributed by atoms with van der Waals surface area (Å²) in [6.45, 7) is 7.75. The van der Waals surface area contributed by atoms with Gasteiger partial charge in [-0.25, -0.2) is 4.79 Å². The zero-order valence-electron chi connectivity index (χ0n) is 15.0. The summed E-state index contributed by atoms with van der Waals surface area (Å²) < 4.78 is 5.41. The number of amides is 3. The molecule has 0 radical (unpaired) electrons. The van der Waals surface area contributed by atoms with Crippen LogP contribution in [0.1, 0.15) is 30.7 Å². The van der Waals surface area contributed by atoms with Crippen molar-refractivity contribution >= 4 is 11.9 Å². The standard InChI is InChI=1S/C17H24N4O3/c1-9-7-18-13(10(2)15(9)24-6)8-21(5)16(22)14-11(3)19-17(23)20-12(14)4/h7,11H,8H2,1-6H3,(H2,19,20,23)/t11-/m1/s1. The lowest BCUT2D eigenvalue weighted by Gasteiger charge is -2.28. The molecule has 0 bridgehead atoms. The number of hydrogen-bond acceptors (Lipinski definition) is 4. The molecule has 0 aliphatic carbocycles. The van der Waals surface area contributed by atoms with Crippen molar-refractivity contribution in [3.05, 3.63) is 34.3 Å². The maximum atomic E-state index is 12.8. The van der Waals surface area contributed by atoms with Crippen molar-refractivity contribution < 1.29 is 14.3 Å². The van der Waals surface area contributed by atoms with E-state index in [1.807, 2.05) is 13.8 Å². The predicted molar refractivity (Wildman–Crippen MR) is 90.6 cm³/mol. The van der Waals surface area contributed by atoms with Crippen LogP contribution in [0, 0.1) is 13.8 Å². The second kappa shape index (κ2) is 6.90. The SMILES string of the molecule is COc1c(C)cnc(CN(C)C(=O)C2=C(C)NC(=O)N[C@@H]2C)c1C. The number of allylic oxidation sites excluding steroid dienone is 1. The third-order valence-corrected chi connectivity index (χ3v) is 4.20. The third kappa shape index (κ3) is 3.34. The molecule has 130 valence electrons. The van der Waals surface area contributed by atoms with Gasteiger partial charge < -0.3 is 20.3 Å². The average Bonchev–Trinajstić information content (AvgIpc) is 2.49. The van der Waals surface area contributed by atoms with Crippen LogP contribution in [-0.2, 0) is 11.3 Å². The molecule has 1 aliphatic rings. The van der Waals surface area contributed by atoms with E-state index in [1.165, 1.54) is 0 Å². The van der Waals surface area contributed by atoms with Crippen molar-refractivity contribution in [1.82, 2.24) is 20.5 Å². The molecular weight excluding hydrogens is 308 g/mol. The van der Waals surface area contributed by atoms with Gasteiger partial charge in [0.2, 0.25) is 0 Å². The highest BCUT2D eigenvalue weighted by Crippen LogP contribution is 2.25. The van der Waals surface area contributed by atoms with Crippen molar-refractivity contribution in [2.75, 3.05) is 14.2 Å². The Hall–Kier alpha value is -2.57. The lowest BCUT2D eigenvalue weighted by atomic mass is 10.0. The summed E-state index contributed by atoms with van der Waals surface area (Å²) >= 11 is 0. The fraction of sp³-hybridized carbons (Fsp3) is 0.471. The molecule has 2 N–H and O–H groups in total. The second-order valence-electron chi connectivity index (χ2n) is 6.07. The highest BCUT2D eigenvalue weighted by atomic mass is 16.5. The smallest absolute Gasteiger partial charge is 0.319 e. The van der Waals surface area contributed by atoms with E-state index in [9.17, 15) is 9.59 Å². The Morgan fingerprint density at radius 2 is 2.04 bits per heavy atom. The van der Waals surface area contributed by atoms with Crippen molar-refractivity contribution in [1.29, 1.82) is 0 Å². The molecule has 1 aromatic heterocycles. The van der Waals surface area contributed by atoms with E-state index in [4.69, 9.17) is 4.74 Å².